The van der Waals surface area contributed by atoms with Crippen LogP contribution in [0.1, 0.15) is 26.7 Å². The Morgan fingerprint density at radius 3 is 2.74 bits per heavy atom. The summed E-state index contributed by atoms with van der Waals surface area (Å²) in [5.41, 5.74) is -0.288. The van der Waals surface area contributed by atoms with Crippen LogP contribution in [0.3, 0.4) is 0 Å². The summed E-state index contributed by atoms with van der Waals surface area (Å²) in [4.78, 5) is 24.9. The number of amides is 2. The number of hydrogen-bond acceptors (Lipinski definition) is 3. The number of likely N-dealkylation sites (tertiary alicyclic amines) is 1. The van der Waals surface area contributed by atoms with E-state index in [1.807, 2.05) is 13.8 Å². The van der Waals surface area contributed by atoms with E-state index in [4.69, 9.17) is 9.84 Å². The molecule has 3 unspecified atom stereocenters. The average molecular weight is 270 g/mol. The number of carboxylic acids is 1. The van der Waals surface area contributed by atoms with Crippen LogP contribution in [0, 0.1) is 11.8 Å². The summed E-state index contributed by atoms with van der Waals surface area (Å²) in [6.07, 6.45) is 1.34. The number of rotatable bonds is 2. The number of nitrogens with zero attached hydrogens (tertiary/aromatic N) is 1. The van der Waals surface area contributed by atoms with Gasteiger partial charge in [-0.15, -0.1) is 0 Å². The van der Waals surface area contributed by atoms with Gasteiger partial charge in [0.25, 0.3) is 0 Å². The summed E-state index contributed by atoms with van der Waals surface area (Å²) in [6.45, 7) is 6.09. The van der Waals surface area contributed by atoms with Gasteiger partial charge in [0.05, 0.1) is 18.1 Å². The molecule has 2 heterocycles. The first-order chi connectivity index (χ1) is 8.91. The van der Waals surface area contributed by atoms with Crippen molar-refractivity contribution in [1.29, 1.82) is 0 Å². The third kappa shape index (κ3) is 3.18. The molecule has 0 bridgehead atoms. The first kappa shape index (κ1) is 14.1. The van der Waals surface area contributed by atoms with Crippen molar-refractivity contribution in [1.82, 2.24) is 10.2 Å². The molecular weight excluding hydrogens is 248 g/mol. The second-order valence-corrected chi connectivity index (χ2v) is 5.95. The van der Waals surface area contributed by atoms with E-state index in [1.165, 1.54) is 0 Å². The van der Waals surface area contributed by atoms with Crippen LogP contribution in [0.25, 0.3) is 0 Å². The third-order valence-corrected chi connectivity index (χ3v) is 4.14. The molecule has 2 amide bonds. The summed E-state index contributed by atoms with van der Waals surface area (Å²) < 4.78 is 5.31. The zero-order chi connectivity index (χ0) is 14.0. The molecule has 0 aromatic heterocycles. The Morgan fingerprint density at radius 2 is 2.21 bits per heavy atom. The molecule has 3 atom stereocenters. The van der Waals surface area contributed by atoms with E-state index in [0.717, 1.165) is 6.42 Å². The van der Waals surface area contributed by atoms with Crippen molar-refractivity contribution in [3.63, 3.8) is 0 Å². The monoisotopic (exact) mass is 270 g/mol. The minimum atomic E-state index is -0.760. The maximum Gasteiger partial charge on any atom is 0.317 e. The highest BCUT2D eigenvalue weighted by molar-refractivity contribution is 5.76. The van der Waals surface area contributed by atoms with Gasteiger partial charge in [0.15, 0.2) is 0 Å². The zero-order valence-electron chi connectivity index (χ0n) is 11.5. The molecule has 6 heteroatoms. The van der Waals surface area contributed by atoms with Crippen molar-refractivity contribution < 1.29 is 19.4 Å². The lowest BCUT2D eigenvalue weighted by Crippen LogP contribution is -2.55. The maximum atomic E-state index is 12.2. The molecule has 2 aliphatic rings. The fraction of sp³-hybridized carbons (Fsp3) is 0.846. The van der Waals surface area contributed by atoms with Crippen molar-refractivity contribution in [2.45, 2.75) is 32.2 Å². The number of carbonyl (C=O) groups is 2. The first-order valence-corrected chi connectivity index (χ1v) is 6.79. The van der Waals surface area contributed by atoms with E-state index < -0.39 is 5.97 Å². The Bertz CT molecular complexity index is 366. The molecule has 0 aromatic rings. The molecule has 0 aliphatic carbocycles. The van der Waals surface area contributed by atoms with Crippen LogP contribution in [0.15, 0.2) is 0 Å². The van der Waals surface area contributed by atoms with Crippen LogP contribution in [0.5, 0.6) is 0 Å². The largest absolute Gasteiger partial charge is 0.481 e. The number of urea groups is 1. The highest BCUT2D eigenvalue weighted by Crippen LogP contribution is 2.24. The minimum absolute atomic E-state index is 0.00960. The number of ether oxygens (including phenoxy) is 1. The van der Waals surface area contributed by atoms with Gasteiger partial charge in [-0.25, -0.2) is 4.79 Å². The lowest BCUT2D eigenvalue weighted by molar-refractivity contribution is -0.145. The standard InChI is InChI=1S/C13H22N2O4/c1-9-7-15(5-3-10(9)11(16)17)12(18)14-13(2)4-6-19-8-13/h9-10H,3-8H2,1-2H3,(H,14,18)(H,16,17). The summed E-state index contributed by atoms with van der Waals surface area (Å²) in [5.74, 6) is -1.11. The molecule has 0 saturated carbocycles. The highest BCUT2D eigenvalue weighted by atomic mass is 16.5. The second kappa shape index (κ2) is 5.36. The van der Waals surface area contributed by atoms with Gasteiger partial charge in [-0.2, -0.15) is 0 Å². The van der Waals surface area contributed by atoms with Crippen LogP contribution in [0.2, 0.25) is 0 Å². The Kier molecular flexibility index (Phi) is 3.99. The lowest BCUT2D eigenvalue weighted by atomic mass is 9.87. The summed E-state index contributed by atoms with van der Waals surface area (Å²) in [5, 5.41) is 12.1. The SMILES string of the molecule is CC1CN(C(=O)NC2(C)CCOC2)CCC1C(=O)O. The molecular formula is C13H22N2O4. The zero-order valence-corrected chi connectivity index (χ0v) is 11.5. The summed E-state index contributed by atoms with van der Waals surface area (Å²) in [6, 6.07) is -0.108. The lowest BCUT2D eigenvalue weighted by Gasteiger charge is -2.37. The number of hydrogen-bond donors (Lipinski definition) is 2. The predicted molar refractivity (Wildman–Crippen MR) is 68.9 cm³/mol. The van der Waals surface area contributed by atoms with Crippen LogP contribution >= 0.6 is 0 Å². The molecule has 6 nitrogen and oxygen atoms in total. The van der Waals surface area contributed by atoms with Gasteiger partial charge in [-0.3, -0.25) is 4.79 Å². The van der Waals surface area contributed by atoms with Crippen molar-refractivity contribution in [3.05, 3.63) is 0 Å². The molecule has 0 radical (unpaired) electrons. The molecule has 2 aliphatic heterocycles. The van der Waals surface area contributed by atoms with E-state index in [0.29, 0.717) is 32.7 Å². The Morgan fingerprint density at radius 1 is 1.47 bits per heavy atom. The molecule has 2 fully saturated rings. The molecule has 0 spiro atoms. The number of nitrogens with one attached hydrogen (secondary N) is 1. The van der Waals surface area contributed by atoms with Gasteiger partial charge in [-0.1, -0.05) is 6.92 Å². The number of carbonyl (C=O) groups excluding carboxylic acids is 1. The molecule has 2 N–H and O–H groups in total. The van der Waals surface area contributed by atoms with Crippen LogP contribution in [-0.4, -0.2) is 53.8 Å². The Balaban J connectivity index is 1.89. The van der Waals surface area contributed by atoms with Crippen LogP contribution in [-0.2, 0) is 9.53 Å². The van der Waals surface area contributed by atoms with E-state index in [1.54, 1.807) is 4.90 Å². The number of carboxylic acid groups (broad SMARTS) is 1. The number of aliphatic carboxylic acids is 1. The van der Waals surface area contributed by atoms with Gasteiger partial charge in [0.2, 0.25) is 0 Å². The van der Waals surface area contributed by atoms with Crippen molar-refractivity contribution in [2.75, 3.05) is 26.3 Å². The Labute approximate surface area is 113 Å². The maximum absolute atomic E-state index is 12.2. The van der Waals surface area contributed by atoms with Gasteiger partial charge in [0.1, 0.15) is 0 Å². The molecule has 19 heavy (non-hydrogen) atoms. The Hall–Kier alpha value is -1.30. The fourth-order valence-corrected chi connectivity index (χ4v) is 2.80. The van der Waals surface area contributed by atoms with Crippen molar-refractivity contribution >= 4 is 12.0 Å². The van der Waals surface area contributed by atoms with Crippen molar-refractivity contribution in [3.8, 4) is 0 Å². The first-order valence-electron chi connectivity index (χ1n) is 6.79. The minimum Gasteiger partial charge on any atom is -0.481 e. The van der Waals surface area contributed by atoms with Crippen LogP contribution < -0.4 is 5.32 Å². The molecule has 2 saturated heterocycles. The highest BCUT2D eigenvalue weighted by Gasteiger charge is 2.36. The molecule has 2 rings (SSSR count). The van der Waals surface area contributed by atoms with Gasteiger partial charge in [0, 0.05) is 19.7 Å². The van der Waals surface area contributed by atoms with E-state index in [-0.39, 0.29) is 23.4 Å². The van der Waals surface area contributed by atoms with E-state index >= 15 is 0 Å². The van der Waals surface area contributed by atoms with E-state index in [2.05, 4.69) is 5.32 Å². The smallest absolute Gasteiger partial charge is 0.317 e. The molecule has 108 valence electrons. The van der Waals surface area contributed by atoms with Gasteiger partial charge in [-0.05, 0) is 25.7 Å². The van der Waals surface area contributed by atoms with E-state index in [9.17, 15) is 9.59 Å². The number of piperidine rings is 1. The molecule has 0 aromatic carbocycles. The van der Waals surface area contributed by atoms with Gasteiger partial charge < -0.3 is 20.1 Å². The van der Waals surface area contributed by atoms with Crippen LogP contribution in [0.4, 0.5) is 4.79 Å². The van der Waals surface area contributed by atoms with Gasteiger partial charge >= 0.3 is 12.0 Å². The third-order valence-electron chi connectivity index (χ3n) is 4.14. The van der Waals surface area contributed by atoms with Crippen molar-refractivity contribution in [2.24, 2.45) is 11.8 Å². The second-order valence-electron chi connectivity index (χ2n) is 5.95. The fourth-order valence-electron chi connectivity index (χ4n) is 2.80. The topological polar surface area (TPSA) is 78.9 Å². The predicted octanol–water partition coefficient (Wildman–Crippen LogP) is 0.918. The summed E-state index contributed by atoms with van der Waals surface area (Å²) in [7, 11) is 0. The normalized spacial score (nSPS) is 35.2. The average Bonchev–Trinajstić information content (AvgIpc) is 2.75. The quantitative estimate of drug-likeness (QED) is 0.782. The summed E-state index contributed by atoms with van der Waals surface area (Å²) >= 11 is 0.